The van der Waals surface area contributed by atoms with Crippen LogP contribution in [0.15, 0.2) is 60.7 Å². The number of halogens is 5. The molecule has 0 aliphatic carbocycles. The SMILES string of the molecule is O=C(Nc1nc2ccc(Oc3ccc(OC(F)(F)F)cc3Cl)cc2s1)c1ccccc1Cl. The molecule has 0 fully saturated rings. The van der Waals surface area contributed by atoms with Crippen LogP contribution in [-0.4, -0.2) is 17.3 Å². The molecule has 0 aliphatic rings. The van der Waals surface area contributed by atoms with Gasteiger partial charge in [-0.25, -0.2) is 4.98 Å². The van der Waals surface area contributed by atoms with E-state index in [2.05, 4.69) is 15.0 Å². The summed E-state index contributed by atoms with van der Waals surface area (Å²) in [4.78, 5) is 16.8. The molecule has 0 bridgehead atoms. The predicted octanol–water partition coefficient (Wildman–Crippen LogP) is 7.55. The molecular weight excluding hydrogens is 488 g/mol. The van der Waals surface area contributed by atoms with Crippen LogP contribution in [0.4, 0.5) is 18.3 Å². The molecule has 0 spiro atoms. The van der Waals surface area contributed by atoms with Gasteiger partial charge in [0.25, 0.3) is 5.91 Å². The van der Waals surface area contributed by atoms with E-state index in [-0.39, 0.29) is 16.7 Å². The highest BCUT2D eigenvalue weighted by Gasteiger charge is 2.31. The maximum atomic E-state index is 12.4. The molecule has 4 rings (SSSR count). The zero-order valence-corrected chi connectivity index (χ0v) is 18.1. The lowest BCUT2D eigenvalue weighted by atomic mass is 10.2. The van der Waals surface area contributed by atoms with Crippen molar-refractivity contribution in [3.63, 3.8) is 0 Å². The molecule has 1 heterocycles. The van der Waals surface area contributed by atoms with Crippen molar-refractivity contribution in [3.8, 4) is 17.2 Å². The van der Waals surface area contributed by atoms with Crippen LogP contribution in [0.25, 0.3) is 10.2 Å². The average molecular weight is 499 g/mol. The lowest BCUT2D eigenvalue weighted by molar-refractivity contribution is -0.274. The van der Waals surface area contributed by atoms with Crippen molar-refractivity contribution in [2.24, 2.45) is 0 Å². The van der Waals surface area contributed by atoms with Gasteiger partial charge in [-0.15, -0.1) is 13.2 Å². The van der Waals surface area contributed by atoms with Gasteiger partial charge in [0.15, 0.2) is 5.13 Å². The minimum atomic E-state index is -4.82. The Morgan fingerprint density at radius 2 is 1.72 bits per heavy atom. The van der Waals surface area contributed by atoms with Crippen molar-refractivity contribution in [1.29, 1.82) is 0 Å². The van der Waals surface area contributed by atoms with Crippen LogP contribution < -0.4 is 14.8 Å². The molecule has 0 radical (unpaired) electrons. The average Bonchev–Trinajstić information content (AvgIpc) is 3.10. The molecule has 164 valence electrons. The third-order valence-electron chi connectivity index (χ3n) is 4.06. The fourth-order valence-corrected chi connectivity index (χ4v) is 4.04. The molecule has 0 saturated carbocycles. The number of aromatic nitrogens is 1. The Kier molecular flexibility index (Phi) is 6.14. The van der Waals surface area contributed by atoms with Crippen molar-refractivity contribution in [1.82, 2.24) is 4.98 Å². The number of hydrogen-bond acceptors (Lipinski definition) is 5. The topological polar surface area (TPSA) is 60.5 Å². The lowest BCUT2D eigenvalue weighted by Gasteiger charge is -2.11. The van der Waals surface area contributed by atoms with Crippen LogP contribution >= 0.6 is 34.5 Å². The molecule has 11 heteroatoms. The van der Waals surface area contributed by atoms with Gasteiger partial charge in [0.05, 0.1) is 25.8 Å². The van der Waals surface area contributed by atoms with E-state index in [1.807, 2.05) is 0 Å². The first-order valence-corrected chi connectivity index (χ1v) is 10.4. The number of benzene rings is 3. The molecule has 5 nitrogen and oxygen atoms in total. The van der Waals surface area contributed by atoms with E-state index in [0.717, 1.165) is 12.1 Å². The Balaban J connectivity index is 1.51. The first-order chi connectivity index (χ1) is 15.2. The normalized spacial score (nSPS) is 11.4. The molecule has 3 aromatic carbocycles. The molecule has 1 N–H and O–H groups in total. The zero-order chi connectivity index (χ0) is 22.9. The second kappa shape index (κ2) is 8.85. The third-order valence-corrected chi connectivity index (χ3v) is 5.62. The summed E-state index contributed by atoms with van der Waals surface area (Å²) in [7, 11) is 0. The van der Waals surface area contributed by atoms with Crippen molar-refractivity contribution >= 4 is 55.8 Å². The Labute approximate surface area is 193 Å². The van der Waals surface area contributed by atoms with Gasteiger partial charge in [0.2, 0.25) is 0 Å². The predicted molar refractivity (Wildman–Crippen MR) is 117 cm³/mol. The molecule has 4 aromatic rings. The van der Waals surface area contributed by atoms with E-state index in [1.165, 1.54) is 17.4 Å². The summed E-state index contributed by atoms with van der Waals surface area (Å²) in [5.41, 5.74) is 0.946. The molecule has 32 heavy (non-hydrogen) atoms. The second-order valence-electron chi connectivity index (χ2n) is 6.32. The Hall–Kier alpha value is -3.01. The van der Waals surface area contributed by atoms with Gasteiger partial charge in [0, 0.05) is 12.1 Å². The number of fused-ring (bicyclic) bond motifs is 1. The largest absolute Gasteiger partial charge is 0.573 e. The molecule has 0 saturated heterocycles. The van der Waals surface area contributed by atoms with E-state index >= 15 is 0 Å². The summed E-state index contributed by atoms with van der Waals surface area (Å²) in [5.74, 6) is -0.306. The minimum absolute atomic E-state index is 0.0520. The highest BCUT2D eigenvalue weighted by atomic mass is 35.5. The fourth-order valence-electron chi connectivity index (χ4n) is 2.72. The summed E-state index contributed by atoms with van der Waals surface area (Å²) in [6, 6.07) is 15.0. The number of nitrogens with one attached hydrogen (secondary N) is 1. The zero-order valence-electron chi connectivity index (χ0n) is 15.7. The van der Waals surface area contributed by atoms with Crippen molar-refractivity contribution in [3.05, 3.63) is 76.3 Å². The first-order valence-electron chi connectivity index (χ1n) is 8.87. The maximum absolute atomic E-state index is 12.4. The number of nitrogens with zero attached hydrogens (tertiary/aromatic N) is 1. The Morgan fingerprint density at radius 1 is 0.969 bits per heavy atom. The Morgan fingerprint density at radius 3 is 2.44 bits per heavy atom. The number of carbonyl (C=O) groups is 1. The van der Waals surface area contributed by atoms with E-state index in [9.17, 15) is 18.0 Å². The van der Waals surface area contributed by atoms with E-state index in [4.69, 9.17) is 27.9 Å². The number of rotatable bonds is 5. The van der Waals surface area contributed by atoms with Gasteiger partial charge in [-0.3, -0.25) is 10.1 Å². The van der Waals surface area contributed by atoms with Gasteiger partial charge in [0.1, 0.15) is 17.2 Å². The van der Waals surface area contributed by atoms with E-state index in [0.29, 0.717) is 31.7 Å². The minimum Gasteiger partial charge on any atom is -0.456 e. The molecule has 1 amide bonds. The molecule has 0 aliphatic heterocycles. The number of hydrogen-bond donors (Lipinski definition) is 1. The molecule has 0 atom stereocenters. The van der Waals surface area contributed by atoms with Crippen molar-refractivity contribution < 1.29 is 27.4 Å². The smallest absolute Gasteiger partial charge is 0.456 e. The van der Waals surface area contributed by atoms with Gasteiger partial charge in [-0.1, -0.05) is 46.7 Å². The summed E-state index contributed by atoms with van der Waals surface area (Å²) in [5, 5.41) is 3.35. The number of thiazole rings is 1. The number of anilines is 1. The van der Waals surface area contributed by atoms with Crippen LogP contribution in [0, 0.1) is 0 Å². The quantitative estimate of drug-likeness (QED) is 0.308. The lowest BCUT2D eigenvalue weighted by Crippen LogP contribution is -2.17. The van der Waals surface area contributed by atoms with E-state index < -0.39 is 12.1 Å². The highest BCUT2D eigenvalue weighted by Crippen LogP contribution is 2.36. The standard InChI is InChI=1S/C21H11Cl2F3N2O3S/c22-14-4-2-1-3-13(14)19(29)28-20-27-16-7-5-11(10-18(16)32-20)30-17-8-6-12(9-15(17)23)31-21(24,25)26/h1-10H,(H,27,28,29). The van der Waals surface area contributed by atoms with Crippen LogP contribution in [0.1, 0.15) is 10.4 Å². The number of amides is 1. The second-order valence-corrected chi connectivity index (χ2v) is 8.17. The summed E-state index contributed by atoms with van der Waals surface area (Å²) in [6.07, 6.45) is -4.82. The van der Waals surface area contributed by atoms with Crippen LogP contribution in [-0.2, 0) is 0 Å². The number of alkyl halides is 3. The van der Waals surface area contributed by atoms with Crippen molar-refractivity contribution in [2.45, 2.75) is 6.36 Å². The summed E-state index contributed by atoms with van der Waals surface area (Å²) in [6.45, 7) is 0. The molecular formula is C21H11Cl2F3N2O3S. The van der Waals surface area contributed by atoms with Crippen LogP contribution in [0.5, 0.6) is 17.2 Å². The van der Waals surface area contributed by atoms with Crippen molar-refractivity contribution in [2.75, 3.05) is 5.32 Å². The summed E-state index contributed by atoms with van der Waals surface area (Å²) < 4.78 is 47.2. The number of ether oxygens (including phenoxy) is 2. The Bertz CT molecular complexity index is 1310. The maximum Gasteiger partial charge on any atom is 0.573 e. The summed E-state index contributed by atoms with van der Waals surface area (Å²) >= 11 is 13.3. The monoisotopic (exact) mass is 498 g/mol. The number of carbonyl (C=O) groups excluding carboxylic acids is 1. The molecule has 0 unspecified atom stereocenters. The van der Waals surface area contributed by atoms with Gasteiger partial charge < -0.3 is 9.47 Å². The molecule has 1 aromatic heterocycles. The van der Waals surface area contributed by atoms with Gasteiger partial charge >= 0.3 is 6.36 Å². The van der Waals surface area contributed by atoms with E-state index in [1.54, 1.807) is 42.5 Å². The van der Waals surface area contributed by atoms with Gasteiger partial charge in [-0.05, 0) is 36.4 Å². The third kappa shape index (κ3) is 5.24. The van der Waals surface area contributed by atoms with Gasteiger partial charge in [-0.2, -0.15) is 0 Å². The van der Waals surface area contributed by atoms with Crippen LogP contribution in [0.2, 0.25) is 10.0 Å². The fraction of sp³-hybridized carbons (Fsp3) is 0.0476. The van der Waals surface area contributed by atoms with Crippen LogP contribution in [0.3, 0.4) is 0 Å². The highest BCUT2D eigenvalue weighted by molar-refractivity contribution is 7.22. The first kappa shape index (κ1) is 22.2.